The highest BCUT2D eigenvalue weighted by Crippen LogP contribution is 2.18. The van der Waals surface area contributed by atoms with Crippen LogP contribution < -0.4 is 4.74 Å². The van der Waals surface area contributed by atoms with Crippen molar-refractivity contribution in [2.24, 2.45) is 0 Å². The fraction of sp³-hybridized carbons (Fsp3) is 0.0714. The molecule has 84 valence electrons. The summed E-state index contributed by atoms with van der Waals surface area (Å²) in [5.41, 5.74) is 1.39. The van der Waals surface area contributed by atoms with Gasteiger partial charge in [-0.3, -0.25) is 0 Å². The van der Waals surface area contributed by atoms with Crippen LogP contribution in [0.25, 0.3) is 0 Å². The number of rotatable bonds is 1. The van der Waals surface area contributed by atoms with Crippen molar-refractivity contribution < 1.29 is 9.84 Å². The van der Waals surface area contributed by atoms with E-state index in [0.717, 1.165) is 5.56 Å². The predicted octanol–water partition coefficient (Wildman–Crippen LogP) is 2.20. The summed E-state index contributed by atoms with van der Waals surface area (Å²) in [4.78, 5) is 3.87. The third-order valence-corrected chi connectivity index (χ3v) is 2.18. The number of benzene rings is 1. The zero-order valence-electron chi connectivity index (χ0n) is 9.34. The summed E-state index contributed by atoms with van der Waals surface area (Å²) in [7, 11) is 1.52. The van der Waals surface area contributed by atoms with Gasteiger partial charge in [-0.2, -0.15) is 0 Å². The SMILES string of the molecule is COc1cc(C#Cc2ccccc2)c(O)cn1. The lowest BCUT2D eigenvalue weighted by atomic mass is 10.2. The molecule has 0 spiro atoms. The summed E-state index contributed by atoms with van der Waals surface area (Å²) in [5.74, 6) is 6.32. The van der Waals surface area contributed by atoms with Crippen LogP contribution in [0.3, 0.4) is 0 Å². The van der Waals surface area contributed by atoms with Gasteiger partial charge < -0.3 is 9.84 Å². The van der Waals surface area contributed by atoms with E-state index in [1.54, 1.807) is 6.07 Å². The van der Waals surface area contributed by atoms with Gasteiger partial charge in [0, 0.05) is 11.6 Å². The minimum Gasteiger partial charge on any atom is -0.505 e. The van der Waals surface area contributed by atoms with Crippen LogP contribution in [0, 0.1) is 11.8 Å². The van der Waals surface area contributed by atoms with E-state index in [0.29, 0.717) is 11.4 Å². The van der Waals surface area contributed by atoms with Crippen LogP contribution in [0.1, 0.15) is 11.1 Å². The largest absolute Gasteiger partial charge is 0.505 e. The van der Waals surface area contributed by atoms with Gasteiger partial charge in [-0.05, 0) is 12.1 Å². The standard InChI is InChI=1S/C14H11NO2/c1-17-14-9-12(13(16)10-15-14)8-7-11-5-3-2-4-6-11/h2-6,9-10,16H,1H3. The van der Waals surface area contributed by atoms with Crippen molar-refractivity contribution >= 4 is 0 Å². The molecule has 0 fully saturated rings. The predicted molar refractivity (Wildman–Crippen MR) is 64.9 cm³/mol. The maximum atomic E-state index is 9.59. The smallest absolute Gasteiger partial charge is 0.214 e. The Morgan fingerprint density at radius 3 is 2.65 bits per heavy atom. The van der Waals surface area contributed by atoms with Crippen LogP contribution >= 0.6 is 0 Å². The average molecular weight is 225 g/mol. The molecule has 0 unspecified atom stereocenters. The minimum absolute atomic E-state index is 0.0502. The van der Waals surface area contributed by atoms with Gasteiger partial charge in [0.25, 0.3) is 0 Å². The minimum atomic E-state index is 0.0502. The Morgan fingerprint density at radius 1 is 1.18 bits per heavy atom. The Hall–Kier alpha value is -2.47. The molecule has 1 N–H and O–H groups in total. The van der Waals surface area contributed by atoms with E-state index in [9.17, 15) is 5.11 Å². The molecular weight excluding hydrogens is 214 g/mol. The lowest BCUT2D eigenvalue weighted by molar-refractivity contribution is 0.393. The molecule has 0 aliphatic heterocycles. The van der Waals surface area contributed by atoms with Gasteiger partial charge in [0.2, 0.25) is 5.88 Å². The van der Waals surface area contributed by atoms with E-state index in [1.807, 2.05) is 30.3 Å². The molecule has 2 aromatic rings. The van der Waals surface area contributed by atoms with Crippen molar-refractivity contribution in [3.63, 3.8) is 0 Å². The highest BCUT2D eigenvalue weighted by Gasteiger charge is 2.00. The van der Waals surface area contributed by atoms with E-state index >= 15 is 0 Å². The summed E-state index contributed by atoms with van der Waals surface area (Å²) in [6.45, 7) is 0. The zero-order valence-corrected chi connectivity index (χ0v) is 9.34. The van der Waals surface area contributed by atoms with Gasteiger partial charge in [-0.15, -0.1) is 0 Å². The molecule has 17 heavy (non-hydrogen) atoms. The van der Waals surface area contributed by atoms with Crippen molar-refractivity contribution in [3.05, 3.63) is 53.7 Å². The molecule has 1 aromatic heterocycles. The first-order valence-corrected chi connectivity index (χ1v) is 5.09. The van der Waals surface area contributed by atoms with Crippen molar-refractivity contribution in [2.75, 3.05) is 7.11 Å². The van der Waals surface area contributed by atoms with E-state index in [2.05, 4.69) is 16.8 Å². The molecule has 1 heterocycles. The van der Waals surface area contributed by atoms with Gasteiger partial charge in [-0.1, -0.05) is 30.0 Å². The van der Waals surface area contributed by atoms with Crippen molar-refractivity contribution in [2.45, 2.75) is 0 Å². The van der Waals surface area contributed by atoms with Gasteiger partial charge >= 0.3 is 0 Å². The fourth-order valence-electron chi connectivity index (χ4n) is 1.30. The zero-order chi connectivity index (χ0) is 12.1. The summed E-state index contributed by atoms with van der Waals surface area (Å²) in [5, 5.41) is 9.59. The van der Waals surface area contributed by atoms with E-state index in [-0.39, 0.29) is 5.75 Å². The monoisotopic (exact) mass is 225 g/mol. The number of pyridine rings is 1. The summed E-state index contributed by atoms with van der Waals surface area (Å²) < 4.78 is 4.97. The molecule has 2 rings (SSSR count). The number of aromatic nitrogens is 1. The summed E-state index contributed by atoms with van der Waals surface area (Å²) in [6, 6.07) is 11.2. The molecule has 1 aromatic carbocycles. The molecular formula is C14H11NO2. The Kier molecular flexibility index (Phi) is 3.27. The van der Waals surface area contributed by atoms with Crippen molar-refractivity contribution in [3.8, 4) is 23.5 Å². The molecule has 0 atom stereocenters. The first-order chi connectivity index (χ1) is 8.29. The number of nitrogens with zero attached hydrogens (tertiary/aromatic N) is 1. The number of hydrogen-bond acceptors (Lipinski definition) is 3. The Labute approximate surface area is 99.7 Å². The maximum absolute atomic E-state index is 9.59. The number of ether oxygens (including phenoxy) is 1. The van der Waals surface area contributed by atoms with Crippen molar-refractivity contribution in [1.29, 1.82) is 0 Å². The average Bonchev–Trinajstić information content (AvgIpc) is 2.39. The summed E-state index contributed by atoms with van der Waals surface area (Å²) in [6.07, 6.45) is 1.33. The number of methoxy groups -OCH3 is 1. The lowest BCUT2D eigenvalue weighted by Crippen LogP contribution is -1.88. The van der Waals surface area contributed by atoms with Crippen LogP contribution in [0.2, 0.25) is 0 Å². The van der Waals surface area contributed by atoms with E-state index in [4.69, 9.17) is 4.74 Å². The molecule has 0 saturated carbocycles. The van der Waals surface area contributed by atoms with Crippen LogP contribution in [-0.2, 0) is 0 Å². The maximum Gasteiger partial charge on any atom is 0.214 e. The molecule has 0 radical (unpaired) electrons. The van der Waals surface area contributed by atoms with Gasteiger partial charge in [0.15, 0.2) is 0 Å². The van der Waals surface area contributed by atoms with Gasteiger partial charge in [0.1, 0.15) is 5.75 Å². The third kappa shape index (κ3) is 2.76. The van der Waals surface area contributed by atoms with Gasteiger partial charge in [0.05, 0.1) is 18.9 Å². The molecule has 0 aliphatic carbocycles. The van der Waals surface area contributed by atoms with Crippen LogP contribution in [-0.4, -0.2) is 17.2 Å². The summed E-state index contributed by atoms with van der Waals surface area (Å²) >= 11 is 0. The second-order valence-electron chi connectivity index (χ2n) is 3.36. The second kappa shape index (κ2) is 5.04. The Bertz CT molecular complexity index is 568. The van der Waals surface area contributed by atoms with Crippen LogP contribution in [0.4, 0.5) is 0 Å². The molecule has 0 bridgehead atoms. The second-order valence-corrected chi connectivity index (χ2v) is 3.36. The molecule has 3 heteroatoms. The molecule has 3 nitrogen and oxygen atoms in total. The van der Waals surface area contributed by atoms with Crippen LogP contribution in [0.5, 0.6) is 11.6 Å². The number of aromatic hydroxyl groups is 1. The highest BCUT2D eigenvalue weighted by molar-refractivity contribution is 5.49. The van der Waals surface area contributed by atoms with E-state index < -0.39 is 0 Å². The first kappa shape index (κ1) is 11.0. The molecule has 0 amide bonds. The fourth-order valence-corrected chi connectivity index (χ4v) is 1.30. The van der Waals surface area contributed by atoms with E-state index in [1.165, 1.54) is 13.3 Å². The highest BCUT2D eigenvalue weighted by atomic mass is 16.5. The lowest BCUT2D eigenvalue weighted by Gasteiger charge is -2.00. The van der Waals surface area contributed by atoms with Crippen LogP contribution in [0.15, 0.2) is 42.6 Å². The molecule has 0 aliphatic rings. The Balaban J connectivity index is 2.33. The van der Waals surface area contributed by atoms with Gasteiger partial charge in [-0.25, -0.2) is 4.98 Å². The third-order valence-electron chi connectivity index (χ3n) is 2.18. The normalized spacial score (nSPS) is 9.24. The first-order valence-electron chi connectivity index (χ1n) is 5.09. The Morgan fingerprint density at radius 2 is 1.94 bits per heavy atom. The van der Waals surface area contributed by atoms with Crippen molar-refractivity contribution in [1.82, 2.24) is 4.98 Å². The quantitative estimate of drug-likeness (QED) is 0.756. The topological polar surface area (TPSA) is 42.4 Å². The number of hydrogen-bond donors (Lipinski definition) is 1. The molecule has 0 saturated heterocycles.